The summed E-state index contributed by atoms with van der Waals surface area (Å²) in [5.41, 5.74) is 3.47. The van der Waals surface area contributed by atoms with Crippen molar-refractivity contribution in [3.63, 3.8) is 0 Å². The van der Waals surface area contributed by atoms with Gasteiger partial charge in [-0.3, -0.25) is 9.36 Å². The van der Waals surface area contributed by atoms with Gasteiger partial charge in [0.25, 0.3) is 5.56 Å². The highest BCUT2D eigenvalue weighted by Gasteiger charge is 2.17. The summed E-state index contributed by atoms with van der Waals surface area (Å²) in [7, 11) is 0. The van der Waals surface area contributed by atoms with Crippen molar-refractivity contribution in [3.05, 3.63) is 101 Å². The minimum absolute atomic E-state index is 0.264. The van der Waals surface area contributed by atoms with E-state index in [1.165, 1.54) is 0 Å². The Bertz CT molecular complexity index is 1470. The summed E-state index contributed by atoms with van der Waals surface area (Å²) in [6, 6.07) is 22.0. The van der Waals surface area contributed by atoms with Crippen molar-refractivity contribution in [2.45, 2.75) is 13.0 Å². The second kappa shape index (κ2) is 7.53. The summed E-state index contributed by atoms with van der Waals surface area (Å²) in [6.07, 6.45) is 1.05. The SMILES string of the molecule is C[C@H](OC(=O)c1ccc(-n2cnc3ccccc32)cc1)c1nc2ccccc2c(=O)[nH]1. The number of benzene rings is 3. The van der Waals surface area contributed by atoms with Gasteiger partial charge in [0.15, 0.2) is 11.9 Å². The first-order chi connectivity index (χ1) is 15.1. The zero-order chi connectivity index (χ0) is 21.4. The molecule has 5 rings (SSSR count). The average molecular weight is 410 g/mol. The number of imidazole rings is 1. The molecule has 31 heavy (non-hydrogen) atoms. The highest BCUT2D eigenvalue weighted by molar-refractivity contribution is 5.90. The van der Waals surface area contributed by atoms with Gasteiger partial charge in [-0.2, -0.15) is 0 Å². The van der Waals surface area contributed by atoms with Crippen LogP contribution in [0.15, 0.2) is 83.9 Å². The summed E-state index contributed by atoms with van der Waals surface area (Å²) in [6.45, 7) is 1.68. The number of nitrogens with one attached hydrogen (secondary N) is 1. The molecular weight excluding hydrogens is 392 g/mol. The molecule has 7 heteroatoms. The van der Waals surface area contributed by atoms with E-state index < -0.39 is 12.1 Å². The number of fused-ring (bicyclic) bond motifs is 2. The number of aromatic amines is 1. The maximum Gasteiger partial charge on any atom is 0.338 e. The van der Waals surface area contributed by atoms with Gasteiger partial charge in [0.2, 0.25) is 0 Å². The lowest BCUT2D eigenvalue weighted by Crippen LogP contribution is -2.17. The van der Waals surface area contributed by atoms with Crippen LogP contribution in [0.1, 0.15) is 29.2 Å². The summed E-state index contributed by atoms with van der Waals surface area (Å²) < 4.78 is 7.49. The largest absolute Gasteiger partial charge is 0.451 e. The fourth-order valence-corrected chi connectivity index (χ4v) is 3.50. The molecule has 5 aromatic rings. The summed E-state index contributed by atoms with van der Waals surface area (Å²) >= 11 is 0. The van der Waals surface area contributed by atoms with Crippen LogP contribution in [0.2, 0.25) is 0 Å². The van der Waals surface area contributed by atoms with Gasteiger partial charge in [-0.25, -0.2) is 14.8 Å². The molecule has 0 aliphatic heterocycles. The molecule has 0 unspecified atom stereocenters. The Balaban J connectivity index is 1.36. The highest BCUT2D eigenvalue weighted by atomic mass is 16.5. The first kappa shape index (κ1) is 18.7. The fourth-order valence-electron chi connectivity index (χ4n) is 3.50. The van der Waals surface area contributed by atoms with Crippen molar-refractivity contribution in [1.82, 2.24) is 19.5 Å². The first-order valence-corrected chi connectivity index (χ1v) is 9.82. The van der Waals surface area contributed by atoms with Crippen molar-refractivity contribution in [3.8, 4) is 5.69 Å². The molecule has 152 valence electrons. The topological polar surface area (TPSA) is 89.9 Å². The maximum atomic E-state index is 12.6. The molecule has 0 saturated heterocycles. The van der Waals surface area contributed by atoms with Crippen LogP contribution in [-0.4, -0.2) is 25.5 Å². The Labute approximate surface area is 177 Å². The molecule has 0 radical (unpaired) electrons. The van der Waals surface area contributed by atoms with Gasteiger partial charge in [0, 0.05) is 5.69 Å². The van der Waals surface area contributed by atoms with Gasteiger partial charge < -0.3 is 9.72 Å². The monoisotopic (exact) mass is 410 g/mol. The lowest BCUT2D eigenvalue weighted by molar-refractivity contribution is 0.0320. The van der Waals surface area contributed by atoms with Crippen LogP contribution in [0.4, 0.5) is 0 Å². The molecule has 2 aromatic heterocycles. The van der Waals surface area contributed by atoms with Crippen molar-refractivity contribution in [2.75, 3.05) is 0 Å². The Morgan fingerprint density at radius 2 is 1.68 bits per heavy atom. The van der Waals surface area contributed by atoms with E-state index in [-0.39, 0.29) is 5.56 Å². The van der Waals surface area contributed by atoms with Gasteiger partial charge in [-0.15, -0.1) is 0 Å². The van der Waals surface area contributed by atoms with Crippen LogP contribution in [0, 0.1) is 0 Å². The number of ether oxygens (including phenoxy) is 1. The highest BCUT2D eigenvalue weighted by Crippen LogP contribution is 2.20. The van der Waals surface area contributed by atoms with Crippen LogP contribution >= 0.6 is 0 Å². The second-order valence-electron chi connectivity index (χ2n) is 7.17. The number of aromatic nitrogens is 4. The number of para-hydroxylation sites is 3. The standard InChI is InChI=1S/C24H18N4O3/c1-15(22-26-19-7-3-2-6-18(19)23(29)27-22)31-24(30)16-10-12-17(13-11-16)28-14-25-20-8-4-5-9-21(20)28/h2-15H,1H3,(H,26,27,29)/t15-/m0/s1. The molecule has 1 atom stereocenters. The van der Waals surface area contributed by atoms with E-state index in [0.29, 0.717) is 22.3 Å². The van der Waals surface area contributed by atoms with E-state index in [1.807, 2.05) is 41.0 Å². The zero-order valence-corrected chi connectivity index (χ0v) is 16.6. The zero-order valence-electron chi connectivity index (χ0n) is 16.6. The van der Waals surface area contributed by atoms with E-state index in [9.17, 15) is 9.59 Å². The number of H-pyrrole nitrogens is 1. The number of carbonyl (C=O) groups is 1. The Hall–Kier alpha value is -4.26. The van der Waals surface area contributed by atoms with Crippen LogP contribution in [0.3, 0.4) is 0 Å². The second-order valence-corrected chi connectivity index (χ2v) is 7.17. The van der Waals surface area contributed by atoms with E-state index in [1.54, 1.807) is 49.6 Å². The van der Waals surface area contributed by atoms with Crippen molar-refractivity contribution < 1.29 is 9.53 Å². The molecule has 0 amide bonds. The fraction of sp³-hybridized carbons (Fsp3) is 0.0833. The van der Waals surface area contributed by atoms with Crippen molar-refractivity contribution >= 4 is 27.9 Å². The van der Waals surface area contributed by atoms with Crippen LogP contribution < -0.4 is 5.56 Å². The molecule has 3 aromatic carbocycles. The van der Waals surface area contributed by atoms with Crippen molar-refractivity contribution in [2.24, 2.45) is 0 Å². The maximum absolute atomic E-state index is 12.6. The van der Waals surface area contributed by atoms with Crippen LogP contribution in [0.5, 0.6) is 0 Å². The lowest BCUT2D eigenvalue weighted by atomic mass is 10.2. The molecule has 0 saturated carbocycles. The Morgan fingerprint density at radius 3 is 2.48 bits per heavy atom. The number of rotatable bonds is 4. The smallest absolute Gasteiger partial charge is 0.338 e. The van der Waals surface area contributed by atoms with Crippen molar-refractivity contribution in [1.29, 1.82) is 0 Å². The summed E-state index contributed by atoms with van der Waals surface area (Å²) in [4.78, 5) is 36.4. The van der Waals surface area contributed by atoms with Gasteiger partial charge in [-0.1, -0.05) is 24.3 Å². The van der Waals surface area contributed by atoms with E-state index in [2.05, 4.69) is 15.0 Å². The van der Waals surface area contributed by atoms with E-state index >= 15 is 0 Å². The number of hydrogen-bond acceptors (Lipinski definition) is 5. The van der Waals surface area contributed by atoms with E-state index in [0.717, 1.165) is 16.7 Å². The third-order valence-electron chi connectivity index (χ3n) is 5.13. The normalized spacial score (nSPS) is 12.2. The number of nitrogens with zero attached hydrogens (tertiary/aromatic N) is 3. The quantitative estimate of drug-likeness (QED) is 0.449. The molecular formula is C24H18N4O3. The number of esters is 1. The third-order valence-corrected chi connectivity index (χ3v) is 5.13. The number of hydrogen-bond donors (Lipinski definition) is 1. The molecule has 7 nitrogen and oxygen atoms in total. The predicted molar refractivity (Wildman–Crippen MR) is 117 cm³/mol. The van der Waals surface area contributed by atoms with Crippen LogP contribution in [-0.2, 0) is 4.74 Å². The molecule has 0 spiro atoms. The van der Waals surface area contributed by atoms with Gasteiger partial charge >= 0.3 is 5.97 Å². The molecule has 0 fully saturated rings. The average Bonchev–Trinajstić information content (AvgIpc) is 3.23. The van der Waals surface area contributed by atoms with E-state index in [4.69, 9.17) is 4.74 Å². The minimum Gasteiger partial charge on any atom is -0.451 e. The molecule has 2 heterocycles. The van der Waals surface area contributed by atoms with Gasteiger partial charge in [0.1, 0.15) is 6.33 Å². The predicted octanol–water partition coefficient (Wildman–Crippen LogP) is 4.18. The third kappa shape index (κ3) is 3.46. The summed E-state index contributed by atoms with van der Waals surface area (Å²) in [5, 5.41) is 0.493. The molecule has 0 aliphatic rings. The minimum atomic E-state index is -0.706. The molecule has 0 aliphatic carbocycles. The molecule has 1 N–H and O–H groups in total. The molecule has 0 bridgehead atoms. The lowest BCUT2D eigenvalue weighted by Gasteiger charge is -2.13. The van der Waals surface area contributed by atoms with Gasteiger partial charge in [-0.05, 0) is 55.5 Å². The van der Waals surface area contributed by atoms with Gasteiger partial charge in [0.05, 0.1) is 27.5 Å². The Morgan fingerprint density at radius 1 is 0.968 bits per heavy atom. The Kier molecular flexibility index (Phi) is 4.55. The number of carbonyl (C=O) groups excluding carboxylic acids is 1. The summed E-state index contributed by atoms with van der Waals surface area (Å²) in [5.74, 6) is -0.191. The van der Waals surface area contributed by atoms with Crippen LogP contribution in [0.25, 0.3) is 27.6 Å². The first-order valence-electron chi connectivity index (χ1n) is 9.82.